The van der Waals surface area contributed by atoms with E-state index < -0.39 is 0 Å². The molecule has 2 heterocycles. The molecule has 1 aromatic carbocycles. The zero-order valence-electron chi connectivity index (χ0n) is 14.9. The van der Waals surface area contributed by atoms with E-state index >= 15 is 0 Å². The van der Waals surface area contributed by atoms with Gasteiger partial charge >= 0.3 is 5.97 Å². The van der Waals surface area contributed by atoms with E-state index in [4.69, 9.17) is 4.74 Å². The minimum atomic E-state index is -0.361. The molecule has 0 N–H and O–H groups in total. The van der Waals surface area contributed by atoms with E-state index in [1.807, 2.05) is 51.1 Å². The molecule has 0 spiro atoms. The molecule has 1 unspecified atom stereocenters. The van der Waals surface area contributed by atoms with Crippen molar-refractivity contribution in [1.82, 2.24) is 9.78 Å². The van der Waals surface area contributed by atoms with Crippen molar-refractivity contribution in [2.24, 2.45) is 5.92 Å². The molecule has 1 aliphatic heterocycles. The molecule has 0 radical (unpaired) electrons. The van der Waals surface area contributed by atoms with Gasteiger partial charge in [-0.15, -0.1) is 0 Å². The van der Waals surface area contributed by atoms with Crippen molar-refractivity contribution in [3.05, 3.63) is 47.3 Å². The van der Waals surface area contributed by atoms with Gasteiger partial charge in [-0.25, -0.2) is 4.79 Å². The number of aryl methyl sites for hydroxylation is 2. The standard InChI is InChI=1S/C19H23N3O3/c1-4-22-14(3)18(13(2)20-22)19(24)25-12-15-10-17(23)21(11-15)16-8-6-5-7-9-16/h5-9,15H,4,10-12H2,1-3H3. The lowest BCUT2D eigenvalue weighted by Crippen LogP contribution is -2.25. The summed E-state index contributed by atoms with van der Waals surface area (Å²) in [6.07, 6.45) is 0.397. The van der Waals surface area contributed by atoms with E-state index in [0.29, 0.717) is 30.8 Å². The lowest BCUT2D eigenvalue weighted by atomic mass is 10.1. The predicted octanol–water partition coefficient (Wildman–Crippen LogP) is 2.73. The molecular formula is C19H23N3O3. The Balaban J connectivity index is 1.62. The van der Waals surface area contributed by atoms with Gasteiger partial charge in [-0.1, -0.05) is 18.2 Å². The highest BCUT2D eigenvalue weighted by atomic mass is 16.5. The van der Waals surface area contributed by atoms with Gasteiger partial charge in [-0.3, -0.25) is 9.48 Å². The van der Waals surface area contributed by atoms with Gasteiger partial charge in [-0.2, -0.15) is 5.10 Å². The third-order valence-electron chi connectivity index (χ3n) is 4.61. The largest absolute Gasteiger partial charge is 0.462 e. The maximum absolute atomic E-state index is 12.4. The van der Waals surface area contributed by atoms with Crippen LogP contribution in [0.3, 0.4) is 0 Å². The maximum Gasteiger partial charge on any atom is 0.341 e. The van der Waals surface area contributed by atoms with Crippen LogP contribution < -0.4 is 4.90 Å². The first-order valence-corrected chi connectivity index (χ1v) is 8.57. The number of hydrogen-bond acceptors (Lipinski definition) is 4. The van der Waals surface area contributed by atoms with Crippen molar-refractivity contribution < 1.29 is 14.3 Å². The fourth-order valence-corrected chi connectivity index (χ4v) is 3.32. The normalized spacial score (nSPS) is 17.2. The Bertz CT molecular complexity index is 783. The molecule has 2 aromatic rings. The number of hydrogen-bond donors (Lipinski definition) is 0. The zero-order chi connectivity index (χ0) is 18.0. The minimum absolute atomic E-state index is 0.0125. The summed E-state index contributed by atoms with van der Waals surface area (Å²) in [6, 6.07) is 9.57. The molecule has 1 fully saturated rings. The van der Waals surface area contributed by atoms with E-state index in [1.54, 1.807) is 9.58 Å². The van der Waals surface area contributed by atoms with Gasteiger partial charge in [0, 0.05) is 31.1 Å². The Morgan fingerprint density at radius 2 is 2.00 bits per heavy atom. The molecule has 1 aliphatic rings. The van der Waals surface area contributed by atoms with E-state index in [-0.39, 0.29) is 24.4 Å². The lowest BCUT2D eigenvalue weighted by Gasteiger charge is -2.16. The second-order valence-electron chi connectivity index (χ2n) is 6.37. The topological polar surface area (TPSA) is 64.4 Å². The molecule has 1 atom stereocenters. The molecule has 0 saturated carbocycles. The number of aromatic nitrogens is 2. The van der Waals surface area contributed by atoms with Crippen LogP contribution in [0.4, 0.5) is 5.69 Å². The molecule has 1 amide bonds. The van der Waals surface area contributed by atoms with E-state index in [9.17, 15) is 9.59 Å². The average Bonchev–Trinajstić information content (AvgIpc) is 3.12. The number of nitrogens with zero attached hydrogens (tertiary/aromatic N) is 3. The predicted molar refractivity (Wildman–Crippen MR) is 94.6 cm³/mol. The van der Waals surface area contributed by atoms with E-state index in [1.165, 1.54) is 0 Å². The smallest absolute Gasteiger partial charge is 0.341 e. The van der Waals surface area contributed by atoms with Crippen LogP contribution >= 0.6 is 0 Å². The molecule has 0 aliphatic carbocycles. The van der Waals surface area contributed by atoms with Gasteiger partial charge < -0.3 is 9.64 Å². The van der Waals surface area contributed by atoms with Crippen molar-refractivity contribution in [3.63, 3.8) is 0 Å². The van der Waals surface area contributed by atoms with Crippen molar-refractivity contribution >= 4 is 17.6 Å². The highest BCUT2D eigenvalue weighted by molar-refractivity contribution is 5.96. The Labute approximate surface area is 147 Å². The van der Waals surface area contributed by atoms with Crippen LogP contribution in [0, 0.1) is 19.8 Å². The maximum atomic E-state index is 12.4. The molecule has 25 heavy (non-hydrogen) atoms. The third-order valence-corrected chi connectivity index (χ3v) is 4.61. The summed E-state index contributed by atoms with van der Waals surface area (Å²) < 4.78 is 7.29. The molecule has 6 nitrogen and oxygen atoms in total. The highest BCUT2D eigenvalue weighted by Gasteiger charge is 2.32. The van der Waals surface area contributed by atoms with Gasteiger partial charge in [0.2, 0.25) is 5.91 Å². The number of para-hydroxylation sites is 1. The number of amides is 1. The van der Waals surface area contributed by atoms with Gasteiger partial charge in [0.25, 0.3) is 0 Å². The minimum Gasteiger partial charge on any atom is -0.462 e. The van der Waals surface area contributed by atoms with Gasteiger partial charge in [0.15, 0.2) is 0 Å². The van der Waals surface area contributed by atoms with Crippen LogP contribution in [0.25, 0.3) is 0 Å². The number of carbonyl (C=O) groups excluding carboxylic acids is 2. The first-order chi connectivity index (χ1) is 12.0. The summed E-state index contributed by atoms with van der Waals surface area (Å²) in [6.45, 7) is 7.19. The number of benzene rings is 1. The van der Waals surface area contributed by atoms with Gasteiger partial charge in [0.1, 0.15) is 5.56 Å². The van der Waals surface area contributed by atoms with Crippen molar-refractivity contribution in [2.45, 2.75) is 33.7 Å². The molecular weight excluding hydrogens is 318 g/mol. The highest BCUT2D eigenvalue weighted by Crippen LogP contribution is 2.25. The van der Waals surface area contributed by atoms with E-state index in [2.05, 4.69) is 5.10 Å². The van der Waals surface area contributed by atoms with E-state index in [0.717, 1.165) is 11.4 Å². The summed E-state index contributed by atoms with van der Waals surface area (Å²) in [5, 5.41) is 4.35. The fraction of sp³-hybridized carbons (Fsp3) is 0.421. The van der Waals surface area contributed by atoms with Crippen LogP contribution in [-0.2, 0) is 16.1 Å². The second-order valence-corrected chi connectivity index (χ2v) is 6.37. The first kappa shape index (κ1) is 17.2. The molecule has 6 heteroatoms. The van der Waals surface area contributed by atoms with Crippen LogP contribution in [0.15, 0.2) is 30.3 Å². The second kappa shape index (κ2) is 7.09. The molecule has 1 aromatic heterocycles. The summed E-state index contributed by atoms with van der Waals surface area (Å²) in [7, 11) is 0. The quantitative estimate of drug-likeness (QED) is 0.785. The van der Waals surface area contributed by atoms with Crippen LogP contribution in [0.2, 0.25) is 0 Å². The Morgan fingerprint density at radius 1 is 1.28 bits per heavy atom. The summed E-state index contributed by atoms with van der Waals surface area (Å²) in [5.41, 5.74) is 2.92. The number of rotatable bonds is 5. The number of carbonyl (C=O) groups is 2. The Hall–Kier alpha value is -2.63. The number of anilines is 1. The Morgan fingerprint density at radius 3 is 2.64 bits per heavy atom. The fourth-order valence-electron chi connectivity index (χ4n) is 3.32. The number of esters is 1. The Kier molecular flexibility index (Phi) is 4.88. The summed E-state index contributed by atoms with van der Waals surface area (Å²) in [5.74, 6) is -0.280. The van der Waals surface area contributed by atoms with Crippen LogP contribution in [0.1, 0.15) is 35.1 Å². The summed E-state index contributed by atoms with van der Waals surface area (Å²) >= 11 is 0. The third kappa shape index (κ3) is 3.43. The first-order valence-electron chi connectivity index (χ1n) is 8.57. The monoisotopic (exact) mass is 341 g/mol. The van der Waals surface area contributed by atoms with Crippen molar-refractivity contribution in [2.75, 3.05) is 18.1 Å². The molecule has 3 rings (SSSR count). The van der Waals surface area contributed by atoms with Crippen LogP contribution in [-0.4, -0.2) is 34.8 Å². The molecule has 1 saturated heterocycles. The van der Waals surface area contributed by atoms with Gasteiger partial charge in [0.05, 0.1) is 18.0 Å². The average molecular weight is 341 g/mol. The number of ether oxygens (including phenoxy) is 1. The van der Waals surface area contributed by atoms with Gasteiger partial charge in [-0.05, 0) is 32.9 Å². The molecule has 0 bridgehead atoms. The van der Waals surface area contributed by atoms with Crippen molar-refractivity contribution in [1.29, 1.82) is 0 Å². The molecule has 132 valence electrons. The SMILES string of the molecule is CCn1nc(C)c(C(=O)OCC2CC(=O)N(c3ccccc3)C2)c1C. The van der Waals surface area contributed by atoms with Crippen LogP contribution in [0.5, 0.6) is 0 Å². The lowest BCUT2D eigenvalue weighted by molar-refractivity contribution is -0.117. The summed E-state index contributed by atoms with van der Waals surface area (Å²) in [4.78, 5) is 26.4. The van der Waals surface area contributed by atoms with Crippen molar-refractivity contribution in [3.8, 4) is 0 Å². The zero-order valence-corrected chi connectivity index (χ0v) is 14.9.